The molecule has 3 aromatic rings. The Morgan fingerprint density at radius 2 is 1.88 bits per heavy atom. The van der Waals surface area contributed by atoms with Gasteiger partial charge in [-0.05, 0) is 54.5 Å². The van der Waals surface area contributed by atoms with E-state index in [2.05, 4.69) is 5.32 Å². The minimum absolute atomic E-state index is 0.0451. The predicted molar refractivity (Wildman–Crippen MR) is 124 cm³/mol. The molecular formula is C25H22N2O7. The number of rotatable bonds is 8. The van der Waals surface area contributed by atoms with Crippen LogP contribution in [-0.4, -0.2) is 32.6 Å². The molecule has 0 aliphatic rings. The molecule has 2 aromatic carbocycles. The van der Waals surface area contributed by atoms with Crippen molar-refractivity contribution >= 4 is 28.9 Å². The third-order valence-electron chi connectivity index (χ3n) is 4.76. The van der Waals surface area contributed by atoms with Crippen LogP contribution in [0.4, 0.5) is 0 Å². The molecule has 174 valence electrons. The van der Waals surface area contributed by atoms with E-state index in [4.69, 9.17) is 18.6 Å². The van der Waals surface area contributed by atoms with Crippen LogP contribution in [-0.2, 0) is 4.79 Å². The SMILES string of the molecule is CCCNC(=O)/C(C#N)=C/c1ccc(OC(=O)c2cc3cc(OC)ccc3oc2=O)c(OC)c1. The van der Waals surface area contributed by atoms with Gasteiger partial charge in [0.15, 0.2) is 11.5 Å². The van der Waals surface area contributed by atoms with Crippen LogP contribution < -0.4 is 25.2 Å². The molecule has 0 bridgehead atoms. The van der Waals surface area contributed by atoms with E-state index < -0.39 is 17.5 Å². The van der Waals surface area contributed by atoms with E-state index in [9.17, 15) is 19.6 Å². The molecule has 0 unspecified atom stereocenters. The lowest BCUT2D eigenvalue weighted by Crippen LogP contribution is -2.25. The Morgan fingerprint density at radius 3 is 2.56 bits per heavy atom. The number of carbonyl (C=O) groups is 2. The lowest BCUT2D eigenvalue weighted by atomic mass is 10.1. The molecule has 0 saturated carbocycles. The highest BCUT2D eigenvalue weighted by molar-refractivity contribution is 6.01. The number of nitrogens with zero attached hydrogens (tertiary/aromatic N) is 1. The maximum atomic E-state index is 12.7. The third kappa shape index (κ3) is 5.42. The Bertz CT molecular complexity index is 1370. The van der Waals surface area contributed by atoms with Crippen molar-refractivity contribution in [3.63, 3.8) is 0 Å². The van der Waals surface area contributed by atoms with E-state index in [1.54, 1.807) is 24.3 Å². The van der Waals surface area contributed by atoms with Gasteiger partial charge in [-0.15, -0.1) is 0 Å². The molecule has 9 heteroatoms. The summed E-state index contributed by atoms with van der Waals surface area (Å²) in [7, 11) is 2.87. The van der Waals surface area contributed by atoms with Gasteiger partial charge in [0.25, 0.3) is 5.91 Å². The van der Waals surface area contributed by atoms with Crippen LogP contribution in [0.15, 0.2) is 57.2 Å². The van der Waals surface area contributed by atoms with Crippen molar-refractivity contribution in [3.05, 3.63) is 69.6 Å². The zero-order chi connectivity index (χ0) is 24.7. The summed E-state index contributed by atoms with van der Waals surface area (Å²) < 4.78 is 21.0. The molecule has 0 fully saturated rings. The molecule has 0 aliphatic carbocycles. The van der Waals surface area contributed by atoms with Gasteiger partial charge in [-0.1, -0.05) is 13.0 Å². The molecule has 1 amide bonds. The molecule has 9 nitrogen and oxygen atoms in total. The van der Waals surface area contributed by atoms with Gasteiger partial charge in [-0.2, -0.15) is 5.26 Å². The first-order valence-electron chi connectivity index (χ1n) is 10.3. The molecule has 1 heterocycles. The monoisotopic (exact) mass is 462 g/mol. The lowest BCUT2D eigenvalue weighted by molar-refractivity contribution is -0.117. The van der Waals surface area contributed by atoms with Crippen molar-refractivity contribution in [2.24, 2.45) is 0 Å². The summed E-state index contributed by atoms with van der Waals surface area (Å²) in [6.45, 7) is 2.35. The first kappa shape index (κ1) is 24.1. The standard InChI is InChI=1S/C25H22N2O7/c1-4-9-27-23(28)17(14-26)10-15-5-7-21(22(11-15)32-3)34-25(30)19-13-16-12-18(31-2)6-8-20(16)33-24(19)29/h5-8,10-13H,4,9H2,1-3H3,(H,27,28)/b17-10+. The Labute approximate surface area is 195 Å². The minimum Gasteiger partial charge on any atom is -0.497 e. The highest BCUT2D eigenvalue weighted by Gasteiger charge is 2.19. The molecule has 34 heavy (non-hydrogen) atoms. The van der Waals surface area contributed by atoms with Gasteiger partial charge in [0.05, 0.1) is 14.2 Å². The number of ether oxygens (including phenoxy) is 3. The fraction of sp³-hybridized carbons (Fsp3) is 0.200. The van der Waals surface area contributed by atoms with E-state index >= 15 is 0 Å². The average Bonchev–Trinajstić information content (AvgIpc) is 2.85. The average molecular weight is 462 g/mol. The maximum absolute atomic E-state index is 12.7. The van der Waals surface area contributed by atoms with Crippen LogP contribution in [0, 0.1) is 11.3 Å². The molecule has 0 radical (unpaired) electrons. The molecule has 1 N–H and O–H groups in total. The zero-order valence-electron chi connectivity index (χ0n) is 18.8. The quantitative estimate of drug-likeness (QED) is 0.177. The number of methoxy groups -OCH3 is 2. The lowest BCUT2D eigenvalue weighted by Gasteiger charge is -2.10. The molecule has 0 atom stereocenters. The van der Waals surface area contributed by atoms with Crippen LogP contribution in [0.5, 0.6) is 17.2 Å². The molecule has 0 saturated heterocycles. The number of esters is 1. The topological polar surface area (TPSA) is 128 Å². The first-order valence-corrected chi connectivity index (χ1v) is 10.3. The van der Waals surface area contributed by atoms with Crippen molar-refractivity contribution < 1.29 is 28.2 Å². The van der Waals surface area contributed by atoms with E-state index in [0.717, 1.165) is 6.42 Å². The van der Waals surface area contributed by atoms with Crippen molar-refractivity contribution in [1.82, 2.24) is 5.32 Å². The van der Waals surface area contributed by atoms with Crippen LogP contribution in [0.3, 0.4) is 0 Å². The first-order chi connectivity index (χ1) is 16.4. The van der Waals surface area contributed by atoms with E-state index in [1.165, 1.54) is 38.5 Å². The predicted octanol–water partition coefficient (Wildman–Crippen LogP) is 3.46. The fourth-order valence-electron chi connectivity index (χ4n) is 3.03. The number of fused-ring (bicyclic) bond motifs is 1. The number of carbonyl (C=O) groups excluding carboxylic acids is 2. The molecule has 1 aromatic heterocycles. The molecular weight excluding hydrogens is 440 g/mol. The van der Waals surface area contributed by atoms with Crippen LogP contribution in [0.2, 0.25) is 0 Å². The number of benzene rings is 2. The van der Waals surface area contributed by atoms with E-state index in [-0.39, 0.29) is 22.6 Å². The summed E-state index contributed by atoms with van der Waals surface area (Å²) in [6, 6.07) is 12.5. The summed E-state index contributed by atoms with van der Waals surface area (Å²) >= 11 is 0. The fourth-order valence-corrected chi connectivity index (χ4v) is 3.03. The largest absolute Gasteiger partial charge is 0.497 e. The smallest absolute Gasteiger partial charge is 0.351 e. The number of hydrogen-bond donors (Lipinski definition) is 1. The number of hydrogen-bond acceptors (Lipinski definition) is 8. The Hall–Kier alpha value is -4.58. The number of nitriles is 1. The minimum atomic E-state index is -0.934. The van der Waals surface area contributed by atoms with E-state index in [0.29, 0.717) is 28.8 Å². The van der Waals surface area contributed by atoms with Gasteiger partial charge in [0.1, 0.15) is 28.5 Å². The second-order valence-electron chi connectivity index (χ2n) is 7.08. The Morgan fingerprint density at radius 1 is 1.09 bits per heavy atom. The third-order valence-corrected chi connectivity index (χ3v) is 4.76. The van der Waals surface area contributed by atoms with Gasteiger partial charge in [0, 0.05) is 11.9 Å². The Balaban J connectivity index is 1.88. The molecule has 0 aliphatic heterocycles. The zero-order valence-corrected chi connectivity index (χ0v) is 18.8. The van der Waals surface area contributed by atoms with Gasteiger partial charge in [-0.25, -0.2) is 9.59 Å². The summed E-state index contributed by atoms with van der Waals surface area (Å²) in [5.74, 6) is -0.676. The number of amides is 1. The van der Waals surface area contributed by atoms with Gasteiger partial charge >= 0.3 is 11.6 Å². The van der Waals surface area contributed by atoms with Gasteiger partial charge in [0.2, 0.25) is 0 Å². The van der Waals surface area contributed by atoms with Crippen LogP contribution >= 0.6 is 0 Å². The molecule has 3 rings (SSSR count). The normalized spacial score (nSPS) is 10.9. The van der Waals surface area contributed by atoms with Crippen molar-refractivity contribution in [3.8, 4) is 23.3 Å². The molecule has 0 spiro atoms. The summed E-state index contributed by atoms with van der Waals surface area (Å²) in [5, 5.41) is 12.4. The second-order valence-corrected chi connectivity index (χ2v) is 7.08. The summed E-state index contributed by atoms with van der Waals surface area (Å²) in [5.41, 5.74) is -0.446. The maximum Gasteiger partial charge on any atom is 0.351 e. The number of nitrogens with one attached hydrogen (secondary N) is 1. The highest BCUT2D eigenvalue weighted by atomic mass is 16.6. The Kier molecular flexibility index (Phi) is 7.67. The van der Waals surface area contributed by atoms with Crippen molar-refractivity contribution in [2.45, 2.75) is 13.3 Å². The van der Waals surface area contributed by atoms with E-state index in [1.807, 2.05) is 13.0 Å². The summed E-state index contributed by atoms with van der Waals surface area (Å²) in [6.07, 6.45) is 2.13. The second kappa shape index (κ2) is 10.8. The summed E-state index contributed by atoms with van der Waals surface area (Å²) in [4.78, 5) is 37.1. The van der Waals surface area contributed by atoms with Crippen molar-refractivity contribution in [2.75, 3.05) is 20.8 Å². The van der Waals surface area contributed by atoms with Gasteiger partial charge in [-0.3, -0.25) is 4.79 Å². The highest BCUT2D eigenvalue weighted by Crippen LogP contribution is 2.30. The van der Waals surface area contributed by atoms with Gasteiger partial charge < -0.3 is 23.9 Å². The van der Waals surface area contributed by atoms with Crippen LogP contribution in [0.25, 0.3) is 17.0 Å². The van der Waals surface area contributed by atoms with Crippen LogP contribution in [0.1, 0.15) is 29.3 Å². The van der Waals surface area contributed by atoms with Crippen molar-refractivity contribution in [1.29, 1.82) is 5.26 Å².